The minimum atomic E-state index is -1.46. The topological polar surface area (TPSA) is 176 Å². The van der Waals surface area contributed by atoms with Gasteiger partial charge in [0, 0.05) is 35.5 Å². The number of carbonyl (C=O) groups is 2. The Kier molecular flexibility index (Phi) is 12.6. The van der Waals surface area contributed by atoms with E-state index in [2.05, 4.69) is 54.7 Å². The Labute approximate surface area is 479 Å². The molecule has 11 aliphatic heterocycles. The van der Waals surface area contributed by atoms with Gasteiger partial charge in [-0.15, -0.1) is 0 Å². The Morgan fingerprint density at radius 3 is 1.40 bits per heavy atom. The summed E-state index contributed by atoms with van der Waals surface area (Å²) in [5, 5.41) is 24.9. The number of hydrogen-bond acceptors (Lipinski definition) is 15. The van der Waals surface area contributed by atoms with Gasteiger partial charge in [-0.1, -0.05) is 61.1 Å². The number of rotatable bonds is 0. The molecule has 2 N–H and O–H groups in total. The summed E-state index contributed by atoms with van der Waals surface area (Å²) >= 11 is 0. The number of carbonyl (C=O) groups excluding carboxylic acids is 2. The zero-order valence-electron chi connectivity index (χ0n) is 50.0. The third-order valence-corrected chi connectivity index (χ3v) is 23.7. The minimum absolute atomic E-state index is 0.0415. The summed E-state index contributed by atoms with van der Waals surface area (Å²) in [6, 6.07) is 0. The molecule has 0 radical (unpaired) electrons. The lowest BCUT2D eigenvalue weighted by Gasteiger charge is -2.77. The SMILES string of the molecule is C1=COCCC1.C=C1C(=O)[C@@]23[C@@H]4OC(C)(C)O[C@]25OC[C@]2(C6=C(C[C@@H]7CCCO[C@@H]7O6)CC(C)(C)[C@H]2[C@@H]5O)[C@@H]3CC[C@@H]14.C=C1C(=O)[C@@]23[C@@H]4OC(C)(C)O[C@]25OC[C@]2(C6=C(C[C@H]7CCCO[C@H]7O6)CC(C)(C)[C@H]2[C@@H]5O)[C@@H]3CC[C@@H]14.CCC. The molecule has 19 aliphatic rings. The van der Waals surface area contributed by atoms with Crippen LogP contribution in [0.4, 0.5) is 0 Å². The summed E-state index contributed by atoms with van der Waals surface area (Å²) in [6.45, 7) is 32.4. The smallest absolute Gasteiger partial charge is 0.213 e. The Bertz CT molecular complexity index is 2590. The van der Waals surface area contributed by atoms with Crippen LogP contribution in [0.5, 0.6) is 0 Å². The molecule has 446 valence electrons. The van der Waals surface area contributed by atoms with Crippen LogP contribution in [0.15, 0.2) is 59.3 Å². The molecule has 11 heterocycles. The van der Waals surface area contributed by atoms with E-state index in [1.165, 1.54) is 30.4 Å². The van der Waals surface area contributed by atoms with Gasteiger partial charge >= 0.3 is 0 Å². The summed E-state index contributed by atoms with van der Waals surface area (Å²) in [7, 11) is 0. The Morgan fingerprint density at radius 1 is 0.593 bits per heavy atom. The average Bonchev–Trinajstić information content (AvgIpc) is 1.82. The molecule has 19 rings (SSSR count). The highest BCUT2D eigenvalue weighted by Crippen LogP contribution is 2.83. The molecule has 81 heavy (non-hydrogen) atoms. The van der Waals surface area contributed by atoms with E-state index in [0.717, 1.165) is 95.2 Å². The minimum Gasteiger partial charge on any atom is -0.502 e. The van der Waals surface area contributed by atoms with Gasteiger partial charge in [-0.3, -0.25) is 9.59 Å². The van der Waals surface area contributed by atoms with E-state index >= 15 is 0 Å². The quantitative estimate of drug-likeness (QED) is 0.219. The normalized spacial score (nSPS) is 50.9. The maximum Gasteiger partial charge on any atom is 0.213 e. The van der Waals surface area contributed by atoms with E-state index in [4.69, 9.17) is 52.1 Å². The highest BCUT2D eigenvalue weighted by atomic mass is 16.8. The summed E-state index contributed by atoms with van der Waals surface area (Å²) in [5.74, 6) is -3.17. The molecule has 15 heteroatoms. The fourth-order valence-corrected chi connectivity index (χ4v) is 21.9. The molecule has 0 aromatic rings. The molecular formula is C66H92O15. The van der Waals surface area contributed by atoms with Crippen LogP contribution in [0.1, 0.15) is 166 Å². The first-order valence-corrected chi connectivity index (χ1v) is 31.6. The number of aliphatic hydroxyl groups excluding tert-OH is 2. The first-order valence-electron chi connectivity index (χ1n) is 31.6. The molecule has 14 fully saturated rings. The molecule has 8 bridgehead atoms. The first-order chi connectivity index (χ1) is 38.4. The van der Waals surface area contributed by atoms with Crippen LogP contribution >= 0.6 is 0 Å². The molecule has 0 amide bonds. The van der Waals surface area contributed by atoms with Crippen LogP contribution in [-0.2, 0) is 61.7 Å². The van der Waals surface area contributed by atoms with Crippen LogP contribution in [0, 0.1) is 79.8 Å². The number of Topliss-reactive ketones (excluding diaryl/α,β-unsaturated/α-hetero) is 2. The fourth-order valence-electron chi connectivity index (χ4n) is 21.9. The Balaban J connectivity index is 0.000000126. The van der Waals surface area contributed by atoms with Gasteiger partial charge < -0.3 is 62.3 Å². The lowest BCUT2D eigenvalue weighted by atomic mass is 9.36. The standard InChI is InChI=1S/2C29H38O7.C5H8O.C3H8/c2*1-14-17-8-9-18-27-13-33-29(28(18,20(14)30)23(17)35-26(4,5)36-29)21(31)19(27)25(2,3)12-16-11-15-7-6-10-32-24(15)34-22(16)27;1-2-4-6-5-3-1;1-3-2/h2*15,17-19,21,23-24,31H,1,6-13H2,2-5H3;2,4H,1,3,5H2;3H2,1-2H3/t15-,17+,18+,19-,21+,23-,24+,27+,28+,29+;15-,17-,18-,19+,21-,23+,24+,27-,28-,29-;;/m10../s1. The van der Waals surface area contributed by atoms with Crippen molar-refractivity contribution in [1.82, 2.24) is 0 Å². The van der Waals surface area contributed by atoms with Crippen molar-refractivity contribution in [2.24, 2.45) is 79.8 Å². The predicted octanol–water partition coefficient (Wildman–Crippen LogP) is 10.4. The molecule has 0 unspecified atom stereocenters. The van der Waals surface area contributed by atoms with Gasteiger partial charge in [-0.2, -0.15) is 0 Å². The second kappa shape index (κ2) is 18.3. The van der Waals surface area contributed by atoms with Gasteiger partial charge in [0.2, 0.25) is 24.2 Å². The molecule has 6 spiro atoms. The largest absolute Gasteiger partial charge is 0.502 e. The molecule has 20 atom stereocenters. The first kappa shape index (κ1) is 55.9. The van der Waals surface area contributed by atoms with Crippen molar-refractivity contribution in [1.29, 1.82) is 0 Å². The second-order valence-corrected chi connectivity index (χ2v) is 30.1. The third kappa shape index (κ3) is 6.88. The molecule has 8 saturated heterocycles. The van der Waals surface area contributed by atoms with Crippen LogP contribution in [0.3, 0.4) is 0 Å². The third-order valence-electron chi connectivity index (χ3n) is 23.7. The zero-order chi connectivity index (χ0) is 57.0. The van der Waals surface area contributed by atoms with Crippen LogP contribution in [0.2, 0.25) is 0 Å². The van der Waals surface area contributed by atoms with Crippen molar-refractivity contribution in [3.8, 4) is 0 Å². The van der Waals surface area contributed by atoms with Crippen LogP contribution in [-0.4, -0.2) is 115 Å². The van der Waals surface area contributed by atoms with Crippen molar-refractivity contribution in [2.45, 2.75) is 226 Å². The van der Waals surface area contributed by atoms with E-state index in [9.17, 15) is 19.8 Å². The van der Waals surface area contributed by atoms with Gasteiger partial charge in [0.1, 0.15) is 34.6 Å². The molecule has 6 saturated carbocycles. The van der Waals surface area contributed by atoms with E-state index in [1.807, 2.05) is 33.8 Å². The van der Waals surface area contributed by atoms with E-state index in [-0.39, 0.29) is 70.5 Å². The second-order valence-electron chi connectivity index (χ2n) is 30.1. The predicted molar refractivity (Wildman–Crippen MR) is 294 cm³/mol. The average molecular weight is 1130 g/mol. The van der Waals surface area contributed by atoms with E-state index < -0.39 is 69.2 Å². The van der Waals surface area contributed by atoms with Crippen LogP contribution < -0.4 is 0 Å². The van der Waals surface area contributed by atoms with Crippen LogP contribution in [0.25, 0.3) is 0 Å². The summed E-state index contributed by atoms with van der Waals surface area (Å²) in [6.07, 6.45) is 15.3. The molecular weight excluding hydrogens is 1030 g/mol. The van der Waals surface area contributed by atoms with Crippen molar-refractivity contribution < 1.29 is 71.9 Å². The maximum absolute atomic E-state index is 14.4. The summed E-state index contributed by atoms with van der Waals surface area (Å²) < 4.78 is 70.9. The van der Waals surface area contributed by atoms with Crippen molar-refractivity contribution in [3.63, 3.8) is 0 Å². The van der Waals surface area contributed by atoms with Gasteiger partial charge in [0.05, 0.1) is 62.3 Å². The van der Waals surface area contributed by atoms with Crippen molar-refractivity contribution >= 4 is 11.6 Å². The fraction of sp³-hybridized carbons (Fsp3) is 0.818. The number of hydrogen-bond donors (Lipinski definition) is 2. The lowest BCUT2D eigenvalue weighted by molar-refractivity contribution is -0.527. The lowest BCUT2D eigenvalue weighted by Crippen LogP contribution is -2.87. The number of ether oxygens (including phenoxy) is 11. The van der Waals surface area contributed by atoms with Gasteiger partial charge in [-0.05, 0) is 169 Å². The van der Waals surface area contributed by atoms with Gasteiger partial charge in [0.15, 0.2) is 23.1 Å². The highest BCUT2D eigenvalue weighted by Gasteiger charge is 2.92. The van der Waals surface area contributed by atoms with E-state index in [1.54, 1.807) is 6.26 Å². The Morgan fingerprint density at radius 2 is 1.02 bits per heavy atom. The highest BCUT2D eigenvalue weighted by molar-refractivity contribution is 6.06. The maximum atomic E-state index is 14.4. The summed E-state index contributed by atoms with van der Waals surface area (Å²) in [4.78, 5) is 28.8. The monoisotopic (exact) mass is 1120 g/mol. The molecule has 8 aliphatic carbocycles. The van der Waals surface area contributed by atoms with Crippen molar-refractivity contribution in [3.05, 3.63) is 59.3 Å². The van der Waals surface area contributed by atoms with Crippen molar-refractivity contribution in [2.75, 3.05) is 33.0 Å². The molecule has 0 aromatic heterocycles. The number of aliphatic hydroxyl groups is 2. The number of ketones is 2. The number of allylic oxidation sites excluding steroid dienone is 3. The molecule has 15 nitrogen and oxygen atoms in total. The Hall–Kier alpha value is -2.96. The summed E-state index contributed by atoms with van der Waals surface area (Å²) in [5.41, 5.74) is -0.128. The van der Waals surface area contributed by atoms with Gasteiger partial charge in [0.25, 0.3) is 0 Å². The zero-order valence-corrected chi connectivity index (χ0v) is 50.0. The molecule has 0 aromatic carbocycles. The number of fused-ring (bicyclic) bond motifs is 4. The van der Waals surface area contributed by atoms with Gasteiger partial charge in [-0.25, -0.2) is 0 Å². The van der Waals surface area contributed by atoms with E-state index in [0.29, 0.717) is 49.4 Å².